The number of carbonyl (C=O) groups excluding carboxylic acids is 1. The Balaban J connectivity index is 1.85. The molecule has 0 aliphatic carbocycles. The minimum atomic E-state index is -0.619. The fourth-order valence-electron chi connectivity index (χ4n) is 2.78. The minimum Gasteiger partial charge on any atom is -0.496 e. The van der Waals surface area contributed by atoms with E-state index in [0.717, 1.165) is 0 Å². The van der Waals surface area contributed by atoms with Crippen molar-refractivity contribution in [2.75, 3.05) is 19.0 Å². The maximum absolute atomic E-state index is 11.8. The van der Waals surface area contributed by atoms with E-state index < -0.39 is 5.91 Å². The molecule has 0 fully saturated rings. The van der Waals surface area contributed by atoms with Gasteiger partial charge in [-0.1, -0.05) is 11.6 Å². The van der Waals surface area contributed by atoms with Gasteiger partial charge in [0.15, 0.2) is 5.11 Å². The van der Waals surface area contributed by atoms with Gasteiger partial charge in [0, 0.05) is 30.3 Å². The lowest BCUT2D eigenvalue weighted by atomic mass is 10.1. The Labute approximate surface area is 188 Å². The summed E-state index contributed by atoms with van der Waals surface area (Å²) in [4.78, 5) is 16.1. The molecule has 0 unspecified atom stereocenters. The summed E-state index contributed by atoms with van der Waals surface area (Å²) in [7, 11) is 1.45. The maximum atomic E-state index is 11.8. The highest BCUT2D eigenvalue weighted by Gasteiger charge is 2.15. The van der Waals surface area contributed by atoms with Crippen molar-refractivity contribution < 1.29 is 14.3 Å². The molecule has 8 nitrogen and oxygen atoms in total. The molecule has 0 bridgehead atoms. The maximum Gasteiger partial charge on any atom is 0.252 e. The highest BCUT2D eigenvalue weighted by molar-refractivity contribution is 7.80. The fourth-order valence-corrected chi connectivity index (χ4v) is 3.21. The summed E-state index contributed by atoms with van der Waals surface area (Å²) in [6, 6.07) is 12.0. The molecular formula is C21H18ClN5O3S. The molecule has 1 heterocycles. The van der Waals surface area contributed by atoms with Crippen molar-refractivity contribution in [2.45, 2.75) is 6.42 Å². The van der Waals surface area contributed by atoms with Crippen LogP contribution in [-0.4, -0.2) is 29.7 Å². The number of ether oxygens (including phenoxy) is 2. The molecule has 3 rings (SSSR count). The van der Waals surface area contributed by atoms with Crippen LogP contribution in [0.4, 0.5) is 5.69 Å². The number of halogens is 1. The number of methoxy groups -OCH3 is 1. The van der Waals surface area contributed by atoms with Crippen LogP contribution in [0.1, 0.15) is 16.8 Å². The van der Waals surface area contributed by atoms with Crippen molar-refractivity contribution in [1.29, 1.82) is 5.26 Å². The van der Waals surface area contributed by atoms with Crippen LogP contribution in [-0.2, 0) is 0 Å². The van der Waals surface area contributed by atoms with E-state index in [-0.39, 0.29) is 5.56 Å². The van der Waals surface area contributed by atoms with Crippen molar-refractivity contribution in [1.82, 2.24) is 10.3 Å². The SMILES string of the molecule is COc1cc2nccc(Oc3ccc(NC(=S)NCCC#N)c(Cl)c3)c2cc1C(N)=O. The van der Waals surface area contributed by atoms with Gasteiger partial charge in [-0.3, -0.25) is 9.78 Å². The summed E-state index contributed by atoms with van der Waals surface area (Å²) < 4.78 is 11.2. The van der Waals surface area contributed by atoms with Gasteiger partial charge in [0.1, 0.15) is 17.2 Å². The molecule has 0 saturated heterocycles. The normalized spacial score (nSPS) is 10.2. The van der Waals surface area contributed by atoms with Gasteiger partial charge in [-0.25, -0.2) is 0 Å². The molecule has 0 atom stereocenters. The largest absolute Gasteiger partial charge is 0.496 e. The van der Waals surface area contributed by atoms with Crippen LogP contribution in [0.15, 0.2) is 42.6 Å². The molecule has 0 aliphatic heterocycles. The number of aromatic nitrogens is 1. The van der Waals surface area contributed by atoms with Gasteiger partial charge in [-0.2, -0.15) is 5.26 Å². The number of anilines is 1. The van der Waals surface area contributed by atoms with E-state index in [1.807, 2.05) is 6.07 Å². The summed E-state index contributed by atoms with van der Waals surface area (Å²) >= 11 is 11.5. The van der Waals surface area contributed by atoms with E-state index in [1.165, 1.54) is 7.11 Å². The van der Waals surface area contributed by atoms with Gasteiger partial charge in [0.25, 0.3) is 5.91 Å². The zero-order chi connectivity index (χ0) is 22.4. The van der Waals surface area contributed by atoms with Gasteiger partial charge in [-0.05, 0) is 36.5 Å². The quantitative estimate of drug-likeness (QED) is 0.361. The van der Waals surface area contributed by atoms with Crippen molar-refractivity contribution >= 4 is 51.4 Å². The molecule has 0 spiro atoms. The second kappa shape index (κ2) is 9.93. The predicted octanol–water partition coefficient (Wildman–Crippen LogP) is 3.99. The Hall–Kier alpha value is -3.61. The first-order valence-corrected chi connectivity index (χ1v) is 9.87. The van der Waals surface area contributed by atoms with Crippen molar-refractivity contribution in [3.8, 4) is 23.3 Å². The second-order valence-corrected chi connectivity index (χ2v) is 7.09. The van der Waals surface area contributed by atoms with E-state index in [2.05, 4.69) is 15.6 Å². The van der Waals surface area contributed by atoms with E-state index in [4.69, 9.17) is 44.3 Å². The number of nitrogens with zero attached hydrogens (tertiary/aromatic N) is 2. The third-order valence-corrected chi connectivity index (χ3v) is 4.79. The number of hydrogen-bond acceptors (Lipinski definition) is 6. The Morgan fingerprint density at radius 1 is 1.29 bits per heavy atom. The van der Waals surface area contributed by atoms with Gasteiger partial charge in [0.05, 0.1) is 41.4 Å². The number of hydrogen-bond donors (Lipinski definition) is 3. The number of fused-ring (bicyclic) bond motifs is 1. The number of nitriles is 1. The van der Waals surface area contributed by atoms with Gasteiger partial charge >= 0.3 is 0 Å². The van der Waals surface area contributed by atoms with Gasteiger partial charge in [0.2, 0.25) is 0 Å². The van der Waals surface area contributed by atoms with Crippen LogP contribution in [0.5, 0.6) is 17.2 Å². The Kier molecular flexibility index (Phi) is 7.07. The van der Waals surface area contributed by atoms with Crippen LogP contribution in [0.2, 0.25) is 5.02 Å². The van der Waals surface area contributed by atoms with Crippen molar-refractivity contribution in [2.24, 2.45) is 5.73 Å². The summed E-state index contributed by atoms with van der Waals surface area (Å²) in [5.41, 5.74) is 6.86. The Bertz CT molecular complexity index is 1200. The summed E-state index contributed by atoms with van der Waals surface area (Å²) in [5, 5.41) is 15.8. The first-order chi connectivity index (χ1) is 14.9. The van der Waals surface area contributed by atoms with Crippen LogP contribution in [0.3, 0.4) is 0 Å². The standard InChI is InChI=1S/C21H18ClN5O3S/c1-29-19-11-17-13(10-14(19)20(24)28)18(5-8-25-17)30-12-3-4-16(15(22)9-12)27-21(31)26-7-2-6-23/h3-5,8-11H,2,7H2,1H3,(H2,24,28)(H2,26,27,31). The Morgan fingerprint density at radius 3 is 2.77 bits per heavy atom. The number of pyridine rings is 1. The molecule has 3 aromatic rings. The lowest BCUT2D eigenvalue weighted by Gasteiger charge is -2.14. The number of nitrogens with two attached hydrogens (primary N) is 1. The highest BCUT2D eigenvalue weighted by Crippen LogP contribution is 2.35. The van der Waals surface area contributed by atoms with Crippen LogP contribution < -0.4 is 25.8 Å². The number of primary amides is 1. The first-order valence-electron chi connectivity index (χ1n) is 9.08. The van der Waals surface area contributed by atoms with E-state index in [0.29, 0.717) is 56.9 Å². The van der Waals surface area contributed by atoms with Crippen molar-refractivity contribution in [3.05, 3.63) is 53.2 Å². The average Bonchev–Trinajstić information content (AvgIpc) is 2.75. The van der Waals surface area contributed by atoms with Gasteiger partial charge in [-0.15, -0.1) is 0 Å². The summed E-state index contributed by atoms with van der Waals surface area (Å²) in [6.07, 6.45) is 1.93. The number of carbonyl (C=O) groups is 1. The zero-order valence-corrected chi connectivity index (χ0v) is 18.0. The monoisotopic (exact) mass is 455 g/mol. The zero-order valence-electron chi connectivity index (χ0n) is 16.4. The third kappa shape index (κ3) is 5.31. The van der Waals surface area contributed by atoms with Crippen LogP contribution in [0, 0.1) is 11.3 Å². The smallest absolute Gasteiger partial charge is 0.252 e. The first kappa shape index (κ1) is 22.1. The number of benzene rings is 2. The second-order valence-electron chi connectivity index (χ2n) is 6.28. The lowest BCUT2D eigenvalue weighted by molar-refractivity contribution is 0.0997. The molecule has 0 saturated carbocycles. The fraction of sp³-hybridized carbons (Fsp3) is 0.143. The highest BCUT2D eigenvalue weighted by atomic mass is 35.5. The van der Waals surface area contributed by atoms with E-state index in [9.17, 15) is 4.79 Å². The lowest BCUT2D eigenvalue weighted by Crippen LogP contribution is -2.29. The topological polar surface area (TPSA) is 122 Å². The number of rotatable bonds is 7. The molecule has 1 aromatic heterocycles. The number of amides is 1. The van der Waals surface area contributed by atoms with E-state index in [1.54, 1.807) is 42.6 Å². The minimum absolute atomic E-state index is 0.225. The molecule has 1 amide bonds. The van der Waals surface area contributed by atoms with Crippen molar-refractivity contribution in [3.63, 3.8) is 0 Å². The third-order valence-electron chi connectivity index (χ3n) is 4.23. The van der Waals surface area contributed by atoms with E-state index >= 15 is 0 Å². The van der Waals surface area contributed by atoms with Crippen LogP contribution in [0.25, 0.3) is 10.9 Å². The molecule has 158 valence electrons. The number of thiocarbonyl (C=S) groups is 1. The average molecular weight is 456 g/mol. The van der Waals surface area contributed by atoms with Crippen LogP contribution >= 0.6 is 23.8 Å². The Morgan fingerprint density at radius 2 is 2.10 bits per heavy atom. The molecular weight excluding hydrogens is 438 g/mol. The molecule has 4 N–H and O–H groups in total. The molecule has 31 heavy (non-hydrogen) atoms. The summed E-state index contributed by atoms with van der Waals surface area (Å²) in [6.45, 7) is 0.439. The molecule has 0 radical (unpaired) electrons. The predicted molar refractivity (Wildman–Crippen MR) is 123 cm³/mol. The molecule has 2 aromatic carbocycles. The number of nitrogens with one attached hydrogen (secondary N) is 2. The molecule has 10 heteroatoms. The summed E-state index contributed by atoms with van der Waals surface area (Å²) in [5.74, 6) is 0.664. The molecule has 0 aliphatic rings. The van der Waals surface area contributed by atoms with Gasteiger partial charge < -0.3 is 25.8 Å².